The Morgan fingerprint density at radius 1 is 1.53 bits per heavy atom. The van der Waals surface area contributed by atoms with Crippen LogP contribution in [0.1, 0.15) is 25.5 Å². The van der Waals surface area contributed by atoms with Gasteiger partial charge in [-0.2, -0.15) is 5.10 Å². The van der Waals surface area contributed by atoms with Gasteiger partial charge in [0.05, 0.1) is 30.6 Å². The standard InChI is InChI=1S/C11H22N4O2/c1-7(2)10-9(12)11(15(3)14-10)13-8(5-16)6-17-4/h7-8,13,16H,5-6,12H2,1-4H3. The maximum Gasteiger partial charge on any atom is 0.148 e. The summed E-state index contributed by atoms with van der Waals surface area (Å²) in [6.07, 6.45) is 0. The van der Waals surface area contributed by atoms with Crippen LogP contribution in [0.25, 0.3) is 0 Å². The van der Waals surface area contributed by atoms with Crippen LogP contribution in [-0.4, -0.2) is 41.3 Å². The lowest BCUT2D eigenvalue weighted by Gasteiger charge is -2.17. The number of anilines is 2. The minimum atomic E-state index is -0.183. The maximum atomic E-state index is 9.20. The summed E-state index contributed by atoms with van der Waals surface area (Å²) in [7, 11) is 3.42. The summed E-state index contributed by atoms with van der Waals surface area (Å²) in [5.41, 5.74) is 7.54. The van der Waals surface area contributed by atoms with Crippen molar-refractivity contribution in [1.82, 2.24) is 9.78 Å². The number of ether oxygens (including phenoxy) is 1. The first-order valence-electron chi connectivity index (χ1n) is 5.69. The molecule has 1 heterocycles. The van der Waals surface area contributed by atoms with Gasteiger partial charge in [-0.1, -0.05) is 13.8 Å². The number of methoxy groups -OCH3 is 1. The van der Waals surface area contributed by atoms with Crippen LogP contribution in [0.4, 0.5) is 11.5 Å². The topological polar surface area (TPSA) is 85.3 Å². The van der Waals surface area contributed by atoms with E-state index in [1.54, 1.807) is 11.8 Å². The monoisotopic (exact) mass is 242 g/mol. The minimum absolute atomic E-state index is 0.0184. The average Bonchev–Trinajstić information content (AvgIpc) is 2.56. The van der Waals surface area contributed by atoms with E-state index in [1.165, 1.54) is 0 Å². The van der Waals surface area contributed by atoms with Gasteiger partial charge in [0.25, 0.3) is 0 Å². The lowest BCUT2D eigenvalue weighted by Crippen LogP contribution is -2.30. The van der Waals surface area contributed by atoms with E-state index in [-0.39, 0.29) is 18.6 Å². The van der Waals surface area contributed by atoms with Gasteiger partial charge < -0.3 is 20.9 Å². The number of hydrogen-bond acceptors (Lipinski definition) is 5. The smallest absolute Gasteiger partial charge is 0.148 e. The number of aromatic nitrogens is 2. The van der Waals surface area contributed by atoms with Crippen molar-refractivity contribution in [3.05, 3.63) is 5.69 Å². The quantitative estimate of drug-likeness (QED) is 0.678. The zero-order valence-corrected chi connectivity index (χ0v) is 10.9. The van der Waals surface area contributed by atoms with Gasteiger partial charge in [-0.3, -0.25) is 4.68 Å². The molecule has 0 aromatic carbocycles. The van der Waals surface area contributed by atoms with Gasteiger partial charge >= 0.3 is 0 Å². The second-order valence-electron chi connectivity index (χ2n) is 4.41. The van der Waals surface area contributed by atoms with Gasteiger partial charge in [-0.25, -0.2) is 0 Å². The van der Waals surface area contributed by atoms with E-state index in [1.807, 2.05) is 20.9 Å². The average molecular weight is 242 g/mol. The van der Waals surface area contributed by atoms with Crippen LogP contribution in [0, 0.1) is 0 Å². The third kappa shape index (κ3) is 3.10. The van der Waals surface area contributed by atoms with Crippen LogP contribution in [0.3, 0.4) is 0 Å². The molecule has 1 unspecified atom stereocenters. The molecule has 0 fully saturated rings. The molecule has 0 aliphatic heterocycles. The Hall–Kier alpha value is -1.27. The zero-order chi connectivity index (χ0) is 13.0. The van der Waals surface area contributed by atoms with Gasteiger partial charge in [0.15, 0.2) is 0 Å². The van der Waals surface area contributed by atoms with Gasteiger partial charge in [-0.15, -0.1) is 0 Å². The van der Waals surface area contributed by atoms with Crippen molar-refractivity contribution < 1.29 is 9.84 Å². The molecule has 17 heavy (non-hydrogen) atoms. The highest BCUT2D eigenvalue weighted by molar-refractivity contribution is 5.66. The second kappa shape index (κ2) is 5.88. The fourth-order valence-electron chi connectivity index (χ4n) is 1.69. The van der Waals surface area contributed by atoms with Crippen molar-refractivity contribution in [1.29, 1.82) is 0 Å². The highest BCUT2D eigenvalue weighted by atomic mass is 16.5. The van der Waals surface area contributed by atoms with E-state index < -0.39 is 0 Å². The molecule has 0 aliphatic carbocycles. The molecular weight excluding hydrogens is 220 g/mol. The Kier molecular flexibility index (Phi) is 4.77. The molecule has 1 aromatic heterocycles. The molecule has 0 radical (unpaired) electrons. The van der Waals surface area contributed by atoms with E-state index in [2.05, 4.69) is 10.4 Å². The molecule has 1 aromatic rings. The number of rotatable bonds is 6. The van der Waals surface area contributed by atoms with Gasteiger partial charge in [0.2, 0.25) is 0 Å². The number of hydrogen-bond donors (Lipinski definition) is 3. The molecule has 1 rings (SSSR count). The van der Waals surface area contributed by atoms with Crippen LogP contribution in [0.15, 0.2) is 0 Å². The van der Waals surface area contributed by atoms with E-state index in [9.17, 15) is 5.11 Å². The maximum absolute atomic E-state index is 9.20. The summed E-state index contributed by atoms with van der Waals surface area (Å²) in [4.78, 5) is 0. The summed E-state index contributed by atoms with van der Waals surface area (Å²) in [5.74, 6) is 0.997. The first kappa shape index (κ1) is 13.8. The van der Waals surface area contributed by atoms with Crippen molar-refractivity contribution in [3.63, 3.8) is 0 Å². The molecule has 4 N–H and O–H groups in total. The SMILES string of the molecule is COCC(CO)Nc1c(N)c(C(C)C)nn1C. The molecule has 98 valence electrons. The van der Waals surface area contributed by atoms with Crippen molar-refractivity contribution in [2.45, 2.75) is 25.8 Å². The lowest BCUT2D eigenvalue weighted by atomic mass is 10.1. The van der Waals surface area contributed by atoms with Crippen LogP contribution >= 0.6 is 0 Å². The fourth-order valence-corrected chi connectivity index (χ4v) is 1.69. The minimum Gasteiger partial charge on any atom is -0.394 e. The van der Waals surface area contributed by atoms with E-state index in [0.717, 1.165) is 11.5 Å². The fraction of sp³-hybridized carbons (Fsp3) is 0.727. The van der Waals surface area contributed by atoms with Crippen molar-refractivity contribution in [3.8, 4) is 0 Å². The number of nitrogen functional groups attached to an aromatic ring is 1. The predicted molar refractivity (Wildman–Crippen MR) is 68.1 cm³/mol. The summed E-state index contributed by atoms with van der Waals surface area (Å²) in [6, 6.07) is -0.183. The molecular formula is C11H22N4O2. The van der Waals surface area contributed by atoms with Gasteiger partial charge in [0.1, 0.15) is 5.82 Å². The molecule has 0 amide bonds. The van der Waals surface area contributed by atoms with E-state index in [0.29, 0.717) is 12.3 Å². The van der Waals surface area contributed by atoms with Crippen LogP contribution in [0.5, 0.6) is 0 Å². The number of aliphatic hydroxyl groups excluding tert-OH is 1. The summed E-state index contributed by atoms with van der Waals surface area (Å²) >= 11 is 0. The lowest BCUT2D eigenvalue weighted by molar-refractivity contribution is 0.153. The van der Waals surface area contributed by atoms with Crippen molar-refractivity contribution in [2.75, 3.05) is 31.4 Å². The number of aryl methyl sites for hydroxylation is 1. The summed E-state index contributed by atoms with van der Waals surface area (Å²) < 4.78 is 6.71. The van der Waals surface area contributed by atoms with Gasteiger partial charge in [-0.05, 0) is 5.92 Å². The first-order valence-corrected chi connectivity index (χ1v) is 5.69. The number of nitrogens with two attached hydrogens (primary N) is 1. The van der Waals surface area contributed by atoms with Crippen molar-refractivity contribution >= 4 is 11.5 Å². The highest BCUT2D eigenvalue weighted by Gasteiger charge is 2.18. The third-order valence-electron chi connectivity index (χ3n) is 2.59. The van der Waals surface area contributed by atoms with E-state index in [4.69, 9.17) is 10.5 Å². The Balaban J connectivity index is 2.90. The Morgan fingerprint density at radius 2 is 2.18 bits per heavy atom. The zero-order valence-electron chi connectivity index (χ0n) is 10.9. The first-order chi connectivity index (χ1) is 8.01. The second-order valence-corrected chi connectivity index (χ2v) is 4.41. The molecule has 0 saturated carbocycles. The molecule has 0 aliphatic rings. The normalized spacial score (nSPS) is 13.1. The number of nitrogens with zero attached hydrogens (tertiary/aromatic N) is 2. The van der Waals surface area contributed by atoms with Crippen molar-refractivity contribution in [2.24, 2.45) is 7.05 Å². The van der Waals surface area contributed by atoms with Crippen LogP contribution < -0.4 is 11.1 Å². The summed E-state index contributed by atoms with van der Waals surface area (Å²) in [6.45, 7) is 4.48. The Labute approximate surface area is 102 Å². The molecule has 0 spiro atoms. The number of nitrogens with one attached hydrogen (secondary N) is 1. The highest BCUT2D eigenvalue weighted by Crippen LogP contribution is 2.28. The molecule has 1 atom stereocenters. The van der Waals surface area contributed by atoms with E-state index >= 15 is 0 Å². The summed E-state index contributed by atoms with van der Waals surface area (Å²) in [5, 5.41) is 16.7. The predicted octanol–water partition coefficient (Wildman–Crippen LogP) is 0.545. The molecule has 6 nitrogen and oxygen atoms in total. The third-order valence-corrected chi connectivity index (χ3v) is 2.59. The van der Waals surface area contributed by atoms with Crippen LogP contribution in [-0.2, 0) is 11.8 Å². The molecule has 0 bridgehead atoms. The molecule has 6 heteroatoms. The number of aliphatic hydroxyl groups is 1. The van der Waals surface area contributed by atoms with Crippen LogP contribution in [0.2, 0.25) is 0 Å². The Morgan fingerprint density at radius 3 is 2.59 bits per heavy atom. The largest absolute Gasteiger partial charge is 0.394 e. The van der Waals surface area contributed by atoms with Gasteiger partial charge in [0, 0.05) is 14.2 Å². The molecule has 0 saturated heterocycles. The Bertz CT molecular complexity index is 363.